The topological polar surface area (TPSA) is 71.5 Å². The van der Waals surface area contributed by atoms with Crippen LogP contribution in [0.5, 0.6) is 5.88 Å². The Morgan fingerprint density at radius 3 is 2.65 bits per heavy atom. The molecule has 1 atom stereocenters. The molecule has 0 aliphatic carbocycles. The molecule has 1 aliphatic heterocycles. The molecule has 1 fully saturated rings. The molecule has 6 nitrogen and oxygen atoms in total. The van der Waals surface area contributed by atoms with Crippen molar-refractivity contribution < 1.29 is 31.9 Å². The van der Waals surface area contributed by atoms with E-state index in [-0.39, 0.29) is 30.8 Å². The second kappa shape index (κ2) is 9.76. The van der Waals surface area contributed by atoms with Crippen LogP contribution in [-0.2, 0) is 11.3 Å². The van der Waals surface area contributed by atoms with E-state index in [1.165, 1.54) is 42.6 Å². The fourth-order valence-corrected chi connectivity index (χ4v) is 3.32. The molecule has 1 aromatic heterocycles. The summed E-state index contributed by atoms with van der Waals surface area (Å²) in [5.41, 5.74) is 0.652. The van der Waals surface area contributed by atoms with Crippen LogP contribution in [0, 0.1) is 11.7 Å². The molecule has 0 radical (unpaired) electrons. The van der Waals surface area contributed by atoms with E-state index >= 15 is 0 Å². The lowest BCUT2D eigenvalue weighted by Gasteiger charge is -2.32. The maximum absolute atomic E-state index is 13.1. The van der Waals surface area contributed by atoms with E-state index in [1.807, 2.05) is 0 Å². The summed E-state index contributed by atoms with van der Waals surface area (Å²) in [5, 5.41) is 2.69. The van der Waals surface area contributed by atoms with Gasteiger partial charge in [0, 0.05) is 37.0 Å². The lowest BCUT2D eigenvalue weighted by molar-refractivity contribution is -0.154. The summed E-state index contributed by atoms with van der Waals surface area (Å²) in [6.45, 7) is -0.846. The van der Waals surface area contributed by atoms with Crippen LogP contribution in [0.3, 0.4) is 0 Å². The number of alkyl halides is 3. The summed E-state index contributed by atoms with van der Waals surface area (Å²) in [7, 11) is 0. The first-order chi connectivity index (χ1) is 14.7. The molecule has 166 valence electrons. The van der Waals surface area contributed by atoms with E-state index in [4.69, 9.17) is 4.74 Å². The Hall–Kier alpha value is -3.17. The number of pyridine rings is 1. The molecule has 0 bridgehead atoms. The molecule has 3 rings (SSSR count). The Morgan fingerprint density at radius 1 is 1.19 bits per heavy atom. The lowest BCUT2D eigenvalue weighted by Crippen LogP contribution is -2.45. The molecule has 2 aromatic rings. The van der Waals surface area contributed by atoms with E-state index in [2.05, 4.69) is 10.3 Å². The number of ether oxygens (including phenoxy) is 1. The third-order valence-corrected chi connectivity index (χ3v) is 4.85. The van der Waals surface area contributed by atoms with Crippen molar-refractivity contribution in [3.8, 4) is 5.88 Å². The number of aromatic nitrogens is 1. The standard InChI is InChI=1S/C21H21F4N3O3/c22-17-7-5-14(6-8-17)20(30)28-10-2-4-16(12-28)18(29)27-11-15-3-1-9-26-19(15)31-13-21(23,24)25/h1,3,5-9,16H,2,4,10-13H2,(H,27,29). The van der Waals surface area contributed by atoms with Crippen LogP contribution >= 0.6 is 0 Å². The number of carbonyl (C=O) groups excluding carboxylic acids is 2. The Bertz CT molecular complexity index is 919. The summed E-state index contributed by atoms with van der Waals surface area (Å²) in [4.78, 5) is 30.6. The van der Waals surface area contributed by atoms with E-state index < -0.39 is 24.5 Å². The number of amides is 2. The van der Waals surface area contributed by atoms with Crippen molar-refractivity contribution in [2.75, 3.05) is 19.7 Å². The van der Waals surface area contributed by atoms with E-state index in [0.29, 0.717) is 30.5 Å². The average molecular weight is 439 g/mol. The highest BCUT2D eigenvalue weighted by Crippen LogP contribution is 2.22. The van der Waals surface area contributed by atoms with Crippen molar-refractivity contribution in [1.82, 2.24) is 15.2 Å². The maximum Gasteiger partial charge on any atom is 0.422 e. The van der Waals surface area contributed by atoms with Crippen LogP contribution in [-0.4, -0.2) is 47.6 Å². The summed E-state index contributed by atoms with van der Waals surface area (Å²) < 4.78 is 55.0. The van der Waals surface area contributed by atoms with Gasteiger partial charge in [-0.25, -0.2) is 9.37 Å². The zero-order valence-corrected chi connectivity index (χ0v) is 16.5. The van der Waals surface area contributed by atoms with Crippen LogP contribution in [0.1, 0.15) is 28.8 Å². The van der Waals surface area contributed by atoms with Crippen LogP contribution < -0.4 is 10.1 Å². The molecule has 2 amide bonds. The highest BCUT2D eigenvalue weighted by atomic mass is 19.4. The summed E-state index contributed by atoms with van der Waals surface area (Å²) in [6.07, 6.45) is -2.00. The van der Waals surface area contributed by atoms with Crippen LogP contribution in [0.15, 0.2) is 42.6 Å². The van der Waals surface area contributed by atoms with Gasteiger partial charge in [-0.2, -0.15) is 13.2 Å². The number of benzene rings is 1. The molecule has 1 unspecified atom stereocenters. The molecular formula is C21H21F4N3O3. The van der Waals surface area contributed by atoms with Gasteiger partial charge in [-0.1, -0.05) is 6.07 Å². The predicted molar refractivity (Wildman–Crippen MR) is 103 cm³/mol. The molecule has 1 aromatic carbocycles. The van der Waals surface area contributed by atoms with Gasteiger partial charge in [0.2, 0.25) is 11.8 Å². The number of nitrogens with zero attached hydrogens (tertiary/aromatic N) is 2. The van der Waals surface area contributed by atoms with Gasteiger partial charge in [-0.05, 0) is 43.2 Å². The third kappa shape index (κ3) is 6.40. The number of piperidine rings is 1. The van der Waals surface area contributed by atoms with Crippen molar-refractivity contribution in [3.05, 3.63) is 59.5 Å². The quantitative estimate of drug-likeness (QED) is 0.701. The largest absolute Gasteiger partial charge is 0.468 e. The Kier molecular flexibility index (Phi) is 7.09. The van der Waals surface area contributed by atoms with Gasteiger partial charge in [-0.3, -0.25) is 9.59 Å². The molecule has 10 heteroatoms. The molecular weight excluding hydrogens is 418 g/mol. The Labute approximate surface area is 176 Å². The minimum Gasteiger partial charge on any atom is -0.468 e. The van der Waals surface area contributed by atoms with Gasteiger partial charge in [0.05, 0.1) is 5.92 Å². The number of hydrogen-bond acceptors (Lipinski definition) is 4. The summed E-state index contributed by atoms with van der Waals surface area (Å²) in [6, 6.07) is 8.25. The van der Waals surface area contributed by atoms with Gasteiger partial charge in [-0.15, -0.1) is 0 Å². The Morgan fingerprint density at radius 2 is 1.94 bits per heavy atom. The van der Waals surface area contributed by atoms with Crippen molar-refractivity contribution in [3.63, 3.8) is 0 Å². The number of rotatable bonds is 6. The van der Waals surface area contributed by atoms with Crippen LogP contribution in [0.25, 0.3) is 0 Å². The molecule has 2 heterocycles. The van der Waals surface area contributed by atoms with Gasteiger partial charge in [0.1, 0.15) is 5.82 Å². The minimum atomic E-state index is -4.50. The third-order valence-electron chi connectivity index (χ3n) is 4.85. The normalized spacial score (nSPS) is 16.6. The SMILES string of the molecule is O=C(NCc1cccnc1OCC(F)(F)F)C1CCCN(C(=O)c2ccc(F)cc2)C1. The fraction of sp³-hybridized carbons (Fsp3) is 0.381. The van der Waals surface area contributed by atoms with Crippen molar-refractivity contribution in [2.45, 2.75) is 25.6 Å². The molecule has 1 saturated heterocycles. The van der Waals surface area contributed by atoms with Crippen molar-refractivity contribution in [1.29, 1.82) is 0 Å². The second-order valence-corrected chi connectivity index (χ2v) is 7.19. The number of nitrogens with one attached hydrogen (secondary N) is 1. The smallest absolute Gasteiger partial charge is 0.422 e. The van der Waals surface area contributed by atoms with E-state index in [1.54, 1.807) is 4.90 Å². The van der Waals surface area contributed by atoms with Gasteiger partial charge in [0.25, 0.3) is 5.91 Å². The van der Waals surface area contributed by atoms with Crippen molar-refractivity contribution in [2.24, 2.45) is 5.92 Å². The average Bonchev–Trinajstić information content (AvgIpc) is 2.76. The second-order valence-electron chi connectivity index (χ2n) is 7.19. The fourth-order valence-electron chi connectivity index (χ4n) is 3.32. The first-order valence-electron chi connectivity index (χ1n) is 9.69. The Balaban J connectivity index is 1.57. The summed E-state index contributed by atoms with van der Waals surface area (Å²) in [5.74, 6) is -1.71. The zero-order chi connectivity index (χ0) is 22.4. The molecule has 0 saturated carbocycles. The van der Waals surface area contributed by atoms with E-state index in [9.17, 15) is 27.2 Å². The number of carbonyl (C=O) groups is 2. The molecule has 1 aliphatic rings. The maximum atomic E-state index is 13.1. The molecule has 0 spiro atoms. The van der Waals surface area contributed by atoms with E-state index in [0.717, 1.165) is 0 Å². The lowest BCUT2D eigenvalue weighted by atomic mass is 9.96. The first kappa shape index (κ1) is 22.5. The number of hydrogen-bond donors (Lipinski definition) is 1. The number of halogens is 4. The van der Waals surface area contributed by atoms with Gasteiger partial charge in [0.15, 0.2) is 6.61 Å². The van der Waals surface area contributed by atoms with Gasteiger partial charge < -0.3 is 15.0 Å². The summed E-state index contributed by atoms with van der Waals surface area (Å²) >= 11 is 0. The monoisotopic (exact) mass is 439 g/mol. The van der Waals surface area contributed by atoms with Crippen LogP contribution in [0.4, 0.5) is 17.6 Å². The van der Waals surface area contributed by atoms with Crippen molar-refractivity contribution >= 4 is 11.8 Å². The number of likely N-dealkylation sites (tertiary alicyclic amines) is 1. The van der Waals surface area contributed by atoms with Gasteiger partial charge >= 0.3 is 6.18 Å². The predicted octanol–water partition coefficient (Wildman–Crippen LogP) is 3.33. The highest BCUT2D eigenvalue weighted by molar-refractivity contribution is 5.94. The molecule has 1 N–H and O–H groups in total. The minimum absolute atomic E-state index is 0.0533. The zero-order valence-electron chi connectivity index (χ0n) is 16.5. The van der Waals surface area contributed by atoms with Crippen LogP contribution in [0.2, 0.25) is 0 Å². The molecule has 31 heavy (non-hydrogen) atoms. The highest BCUT2D eigenvalue weighted by Gasteiger charge is 2.30. The first-order valence-corrected chi connectivity index (χ1v) is 9.69.